The Morgan fingerprint density at radius 3 is 2.68 bits per heavy atom. The van der Waals surface area contributed by atoms with E-state index in [2.05, 4.69) is 47.8 Å². The van der Waals surface area contributed by atoms with Crippen molar-refractivity contribution >= 4 is 29.1 Å². The fourth-order valence-corrected chi connectivity index (χ4v) is 4.92. The first-order valence-corrected chi connectivity index (χ1v) is 12.2. The first-order valence-electron chi connectivity index (χ1n) is 12.2. The lowest BCUT2D eigenvalue weighted by Gasteiger charge is -2.33. The van der Waals surface area contributed by atoms with Gasteiger partial charge in [-0.3, -0.25) is 0 Å². The van der Waals surface area contributed by atoms with Crippen LogP contribution in [0.15, 0.2) is 84.9 Å². The molecule has 0 amide bonds. The van der Waals surface area contributed by atoms with E-state index in [4.69, 9.17) is 14.6 Å². The molecule has 0 bridgehead atoms. The largest absolute Gasteiger partial charge is 0.489 e. The predicted octanol–water partition coefficient (Wildman–Crippen LogP) is 5.98. The fraction of sp³-hybridized carbons (Fsp3) is 0.233. The molecule has 0 aliphatic carbocycles. The van der Waals surface area contributed by atoms with Crippen molar-refractivity contribution in [3.63, 3.8) is 0 Å². The molecule has 0 unspecified atom stereocenters. The summed E-state index contributed by atoms with van der Waals surface area (Å²) < 4.78 is 25.7. The second kappa shape index (κ2) is 12.1. The Balaban J connectivity index is 0.00000320. The summed E-state index contributed by atoms with van der Waals surface area (Å²) in [6.07, 6.45) is 1.56. The van der Waals surface area contributed by atoms with Gasteiger partial charge in [0.25, 0.3) is 0 Å². The zero-order valence-corrected chi connectivity index (χ0v) is 21.0. The van der Waals surface area contributed by atoms with E-state index in [0.717, 1.165) is 29.8 Å². The molecule has 1 aliphatic heterocycles. The lowest BCUT2D eigenvalue weighted by Crippen LogP contribution is -2.36. The molecule has 0 saturated carbocycles. The number of rotatable bonds is 9. The minimum atomic E-state index is -1.15. The molecule has 1 aliphatic rings. The Bertz CT molecular complexity index is 1370. The number of carboxylic acid groups (broad SMARTS) is 1. The van der Waals surface area contributed by atoms with Crippen LogP contribution < -0.4 is 14.8 Å². The van der Waals surface area contributed by atoms with E-state index in [0.29, 0.717) is 13.0 Å². The summed E-state index contributed by atoms with van der Waals surface area (Å²) in [6.45, 7) is 0.914. The maximum absolute atomic E-state index is 14.3. The van der Waals surface area contributed by atoms with E-state index in [1.54, 1.807) is 12.1 Å². The number of halogens is 2. The molecule has 0 saturated heterocycles. The maximum Gasteiger partial charge on any atom is 0.341 e. The van der Waals surface area contributed by atoms with E-state index in [1.807, 2.05) is 24.3 Å². The highest BCUT2D eigenvalue weighted by molar-refractivity contribution is 5.86. The minimum Gasteiger partial charge on any atom is -0.489 e. The first kappa shape index (κ1) is 26.5. The molecule has 192 valence electrons. The minimum absolute atomic E-state index is 0. The summed E-state index contributed by atoms with van der Waals surface area (Å²) in [6, 6.07) is 27.4. The van der Waals surface area contributed by atoms with Crippen LogP contribution in [-0.2, 0) is 11.2 Å². The van der Waals surface area contributed by atoms with Crippen molar-refractivity contribution in [2.45, 2.75) is 24.9 Å². The third-order valence-electron chi connectivity index (χ3n) is 6.62. The van der Waals surface area contributed by atoms with Gasteiger partial charge >= 0.3 is 5.97 Å². The smallest absolute Gasteiger partial charge is 0.341 e. The third kappa shape index (κ3) is 6.21. The summed E-state index contributed by atoms with van der Waals surface area (Å²) in [5, 5.41) is 15.0. The van der Waals surface area contributed by atoms with Crippen LogP contribution in [0.3, 0.4) is 0 Å². The maximum atomic E-state index is 14.3. The molecule has 0 aromatic heterocycles. The van der Waals surface area contributed by atoms with Crippen molar-refractivity contribution in [3.8, 4) is 11.5 Å². The molecular weight excluding hydrogens is 493 g/mol. The number of nitrogens with one attached hydrogen (secondary N) is 1. The molecule has 1 heterocycles. The zero-order chi connectivity index (χ0) is 24.9. The summed E-state index contributed by atoms with van der Waals surface area (Å²) in [5.74, 6) is -0.985. The summed E-state index contributed by atoms with van der Waals surface area (Å²) in [7, 11) is 0. The second-order valence-corrected chi connectivity index (χ2v) is 9.03. The van der Waals surface area contributed by atoms with Crippen LogP contribution in [0.4, 0.5) is 4.39 Å². The van der Waals surface area contributed by atoms with Crippen molar-refractivity contribution in [2.75, 3.05) is 19.7 Å². The van der Waals surface area contributed by atoms with Gasteiger partial charge in [0.1, 0.15) is 11.9 Å². The second-order valence-electron chi connectivity index (χ2n) is 9.03. The zero-order valence-electron chi connectivity index (χ0n) is 20.2. The molecule has 4 aromatic rings. The van der Waals surface area contributed by atoms with E-state index in [9.17, 15) is 9.18 Å². The van der Waals surface area contributed by atoms with Crippen molar-refractivity contribution in [1.29, 1.82) is 0 Å². The third-order valence-corrected chi connectivity index (χ3v) is 6.62. The van der Waals surface area contributed by atoms with Gasteiger partial charge in [-0.25, -0.2) is 9.18 Å². The Morgan fingerprint density at radius 2 is 1.81 bits per heavy atom. The molecule has 5 rings (SSSR count). The number of carbonyl (C=O) groups is 1. The van der Waals surface area contributed by atoms with Gasteiger partial charge in [-0.2, -0.15) is 0 Å². The molecule has 2 N–H and O–H groups in total. The van der Waals surface area contributed by atoms with Gasteiger partial charge < -0.3 is 19.9 Å². The molecular formula is C30H29ClFNO4. The van der Waals surface area contributed by atoms with Gasteiger partial charge in [-0.1, -0.05) is 66.7 Å². The lowest BCUT2D eigenvalue weighted by molar-refractivity contribution is -0.139. The highest BCUT2D eigenvalue weighted by Crippen LogP contribution is 2.41. The van der Waals surface area contributed by atoms with Crippen LogP contribution in [0.25, 0.3) is 10.8 Å². The summed E-state index contributed by atoms with van der Waals surface area (Å²) in [5.41, 5.74) is 3.21. The molecule has 2 atom stereocenters. The van der Waals surface area contributed by atoms with Crippen molar-refractivity contribution < 1.29 is 23.8 Å². The van der Waals surface area contributed by atoms with Crippen LogP contribution in [0, 0.1) is 5.82 Å². The van der Waals surface area contributed by atoms with Gasteiger partial charge in [-0.05, 0) is 59.5 Å². The van der Waals surface area contributed by atoms with Crippen LogP contribution in [0.5, 0.6) is 11.5 Å². The SMILES string of the molecule is Cl.O=C(O)COc1cc([C@H]2C[C@H](CNCCc3cccc4ccccc34)Oc3ccccc32)ccc1F. The van der Waals surface area contributed by atoms with Gasteiger partial charge in [0, 0.05) is 18.0 Å². The monoisotopic (exact) mass is 521 g/mol. The molecule has 5 nitrogen and oxygen atoms in total. The van der Waals surface area contributed by atoms with E-state index >= 15 is 0 Å². The normalized spacial score (nSPS) is 16.4. The predicted molar refractivity (Wildman–Crippen MR) is 145 cm³/mol. The van der Waals surface area contributed by atoms with Crippen LogP contribution in [0.2, 0.25) is 0 Å². The van der Waals surface area contributed by atoms with Gasteiger partial charge in [-0.15, -0.1) is 12.4 Å². The van der Waals surface area contributed by atoms with Gasteiger partial charge in [0.15, 0.2) is 18.2 Å². The fourth-order valence-electron chi connectivity index (χ4n) is 4.92. The average molecular weight is 522 g/mol. The molecule has 0 radical (unpaired) electrons. The summed E-state index contributed by atoms with van der Waals surface area (Å²) in [4.78, 5) is 10.9. The van der Waals surface area contributed by atoms with Crippen molar-refractivity contribution in [1.82, 2.24) is 5.32 Å². The van der Waals surface area contributed by atoms with Gasteiger partial charge in [0.05, 0.1) is 0 Å². The Morgan fingerprint density at radius 1 is 1.03 bits per heavy atom. The number of benzene rings is 4. The highest BCUT2D eigenvalue weighted by atomic mass is 35.5. The van der Waals surface area contributed by atoms with Crippen LogP contribution in [-0.4, -0.2) is 36.9 Å². The number of ether oxygens (including phenoxy) is 2. The highest BCUT2D eigenvalue weighted by Gasteiger charge is 2.29. The summed E-state index contributed by atoms with van der Waals surface area (Å²) >= 11 is 0. The molecule has 0 spiro atoms. The molecule has 0 fully saturated rings. The molecule has 37 heavy (non-hydrogen) atoms. The number of hydrogen-bond donors (Lipinski definition) is 2. The average Bonchev–Trinajstić information content (AvgIpc) is 2.90. The molecule has 7 heteroatoms. The van der Waals surface area contributed by atoms with Crippen LogP contribution in [0.1, 0.15) is 29.0 Å². The van der Waals surface area contributed by atoms with E-state index < -0.39 is 18.4 Å². The van der Waals surface area contributed by atoms with Crippen molar-refractivity contribution in [3.05, 3.63) is 107 Å². The number of carboxylic acids is 1. The van der Waals surface area contributed by atoms with Crippen LogP contribution >= 0.6 is 12.4 Å². The lowest BCUT2D eigenvalue weighted by atomic mass is 9.84. The standard InChI is InChI=1S/C30H28FNO4.ClH/c31-27-13-12-22(16-29(27)35-19-30(33)34)26-17-23(36-28-11-4-3-10-25(26)28)18-32-15-14-21-8-5-7-20-6-1-2-9-24(20)21;/h1-13,16,23,26,32H,14-15,17-19H2,(H,33,34);1H/t23-,26-;/m1./s1. The number of aliphatic carboxylic acids is 1. The number of para-hydroxylation sites is 1. The topological polar surface area (TPSA) is 67.8 Å². The Kier molecular flexibility index (Phi) is 8.64. The Hall–Kier alpha value is -3.61. The van der Waals surface area contributed by atoms with E-state index in [-0.39, 0.29) is 30.2 Å². The Labute approximate surface area is 221 Å². The number of fused-ring (bicyclic) bond motifs is 2. The van der Waals surface area contributed by atoms with Crippen molar-refractivity contribution in [2.24, 2.45) is 0 Å². The number of hydrogen-bond acceptors (Lipinski definition) is 4. The van der Waals surface area contributed by atoms with E-state index in [1.165, 1.54) is 22.4 Å². The molecule has 4 aromatic carbocycles. The van der Waals surface area contributed by atoms with Gasteiger partial charge in [0.2, 0.25) is 0 Å². The first-order chi connectivity index (χ1) is 17.6. The quantitative estimate of drug-likeness (QED) is 0.265.